The molecule has 0 radical (unpaired) electrons. The maximum atomic E-state index is 12.5. The molecule has 0 spiro atoms. The first-order valence-electron chi connectivity index (χ1n) is 9.98. The summed E-state index contributed by atoms with van der Waals surface area (Å²) in [4.78, 5) is 27.4. The molecule has 0 aliphatic rings. The fourth-order valence-corrected chi connectivity index (χ4v) is 4.15. The van der Waals surface area contributed by atoms with Crippen LogP contribution in [0.3, 0.4) is 0 Å². The number of carbonyl (C=O) groups is 2. The molecule has 32 heavy (non-hydrogen) atoms. The molecule has 0 aliphatic heterocycles. The van der Waals surface area contributed by atoms with Crippen LogP contribution >= 0.6 is 11.8 Å². The average Bonchev–Trinajstić information content (AvgIpc) is 3.40. The number of thioether (sulfide) groups is 1. The fraction of sp³-hybridized carbons (Fsp3) is 0.227. The van der Waals surface area contributed by atoms with E-state index in [1.54, 1.807) is 10.9 Å². The van der Waals surface area contributed by atoms with E-state index in [4.69, 9.17) is 0 Å². The minimum atomic E-state index is -1.09. The van der Waals surface area contributed by atoms with Gasteiger partial charge >= 0.3 is 5.97 Å². The second kappa shape index (κ2) is 9.23. The Balaban J connectivity index is 1.42. The van der Waals surface area contributed by atoms with Crippen molar-refractivity contribution in [1.82, 2.24) is 30.5 Å². The molecule has 0 saturated carbocycles. The van der Waals surface area contributed by atoms with Crippen LogP contribution < -0.4 is 5.32 Å². The SMILES string of the molecule is Cc1ccc(C)c(-n2nnnc2SCC(=O)NC(Cc2c[nH]c3ccccc23)C(=O)O)c1. The van der Waals surface area contributed by atoms with E-state index in [0.29, 0.717) is 5.16 Å². The van der Waals surface area contributed by atoms with Crippen molar-refractivity contribution in [2.24, 2.45) is 0 Å². The van der Waals surface area contributed by atoms with Gasteiger partial charge in [-0.05, 0) is 53.1 Å². The molecule has 2 aromatic heterocycles. The first-order chi connectivity index (χ1) is 15.4. The van der Waals surface area contributed by atoms with Crippen molar-refractivity contribution in [2.45, 2.75) is 31.5 Å². The number of hydrogen-bond donors (Lipinski definition) is 3. The van der Waals surface area contributed by atoms with E-state index in [-0.39, 0.29) is 12.2 Å². The molecule has 1 amide bonds. The lowest BCUT2D eigenvalue weighted by Crippen LogP contribution is -2.43. The Bertz CT molecular complexity index is 1280. The first-order valence-corrected chi connectivity index (χ1v) is 11.0. The maximum absolute atomic E-state index is 12.5. The number of carboxylic acid groups (broad SMARTS) is 1. The van der Waals surface area contributed by atoms with Gasteiger partial charge in [0.15, 0.2) is 0 Å². The third-order valence-electron chi connectivity index (χ3n) is 5.10. The number of nitrogens with zero attached hydrogens (tertiary/aromatic N) is 4. The van der Waals surface area contributed by atoms with E-state index in [0.717, 1.165) is 45.0 Å². The highest BCUT2D eigenvalue weighted by Gasteiger charge is 2.22. The molecule has 164 valence electrons. The van der Waals surface area contributed by atoms with Gasteiger partial charge in [-0.15, -0.1) is 5.10 Å². The lowest BCUT2D eigenvalue weighted by Gasteiger charge is -2.14. The number of carboxylic acids is 1. The lowest BCUT2D eigenvalue weighted by molar-refractivity contribution is -0.141. The van der Waals surface area contributed by atoms with Gasteiger partial charge in [0.25, 0.3) is 0 Å². The van der Waals surface area contributed by atoms with Gasteiger partial charge in [0.2, 0.25) is 11.1 Å². The Morgan fingerprint density at radius 3 is 2.84 bits per heavy atom. The summed E-state index contributed by atoms with van der Waals surface area (Å²) in [6, 6.07) is 12.6. The highest BCUT2D eigenvalue weighted by atomic mass is 32.2. The summed E-state index contributed by atoms with van der Waals surface area (Å²) < 4.78 is 1.58. The number of rotatable bonds is 8. The monoisotopic (exact) mass is 450 g/mol. The summed E-state index contributed by atoms with van der Waals surface area (Å²) in [7, 11) is 0. The van der Waals surface area contributed by atoms with Crippen molar-refractivity contribution >= 4 is 34.5 Å². The number of aromatic amines is 1. The molecular formula is C22H22N6O3S. The molecule has 0 bridgehead atoms. The molecule has 0 aliphatic carbocycles. The van der Waals surface area contributed by atoms with Crippen molar-refractivity contribution in [3.63, 3.8) is 0 Å². The minimum absolute atomic E-state index is 0.0110. The number of carbonyl (C=O) groups excluding carboxylic acids is 1. The predicted octanol–water partition coefficient (Wildman–Crippen LogP) is 2.66. The van der Waals surface area contributed by atoms with E-state index in [1.165, 1.54) is 0 Å². The van der Waals surface area contributed by atoms with Gasteiger partial charge in [-0.2, -0.15) is 4.68 Å². The van der Waals surface area contributed by atoms with Gasteiger partial charge < -0.3 is 15.4 Å². The van der Waals surface area contributed by atoms with Gasteiger partial charge in [-0.3, -0.25) is 4.79 Å². The quantitative estimate of drug-likeness (QED) is 0.352. The number of hydrogen-bond acceptors (Lipinski definition) is 6. The zero-order valence-corrected chi connectivity index (χ0v) is 18.4. The van der Waals surface area contributed by atoms with Crippen LogP contribution in [0.2, 0.25) is 0 Å². The number of H-pyrrole nitrogens is 1. The topological polar surface area (TPSA) is 126 Å². The second-order valence-corrected chi connectivity index (χ2v) is 8.42. The summed E-state index contributed by atoms with van der Waals surface area (Å²) >= 11 is 1.15. The number of benzene rings is 2. The van der Waals surface area contributed by atoms with Crippen molar-refractivity contribution in [3.8, 4) is 5.69 Å². The molecule has 1 unspecified atom stereocenters. The average molecular weight is 451 g/mol. The Morgan fingerprint density at radius 1 is 1.22 bits per heavy atom. The van der Waals surface area contributed by atoms with E-state index in [9.17, 15) is 14.7 Å². The van der Waals surface area contributed by atoms with Gasteiger partial charge in [0, 0.05) is 23.5 Å². The van der Waals surface area contributed by atoms with E-state index < -0.39 is 17.9 Å². The van der Waals surface area contributed by atoms with Gasteiger partial charge in [-0.25, -0.2) is 4.79 Å². The van der Waals surface area contributed by atoms with Crippen LogP contribution in [0.15, 0.2) is 53.8 Å². The number of nitrogens with one attached hydrogen (secondary N) is 2. The number of para-hydroxylation sites is 1. The van der Waals surface area contributed by atoms with Crippen molar-refractivity contribution < 1.29 is 14.7 Å². The van der Waals surface area contributed by atoms with Gasteiger partial charge in [0.05, 0.1) is 11.4 Å². The first kappa shape index (κ1) is 21.6. The maximum Gasteiger partial charge on any atom is 0.326 e. The zero-order valence-electron chi connectivity index (χ0n) is 17.6. The normalized spacial score (nSPS) is 12.1. The number of aromatic nitrogens is 5. The molecule has 1 atom stereocenters. The van der Waals surface area contributed by atoms with Gasteiger partial charge in [0.1, 0.15) is 6.04 Å². The van der Waals surface area contributed by atoms with Crippen molar-refractivity contribution in [2.75, 3.05) is 5.75 Å². The molecule has 4 aromatic rings. The highest BCUT2D eigenvalue weighted by Crippen LogP contribution is 2.22. The Kier molecular flexibility index (Phi) is 6.22. The lowest BCUT2D eigenvalue weighted by atomic mass is 10.1. The summed E-state index contributed by atoms with van der Waals surface area (Å²) in [5.41, 5.74) is 4.66. The molecule has 10 heteroatoms. The molecule has 2 aromatic carbocycles. The summed E-state index contributed by atoms with van der Waals surface area (Å²) in [6.45, 7) is 3.94. The molecule has 2 heterocycles. The number of amides is 1. The van der Waals surface area contributed by atoms with Crippen LogP contribution in [0.4, 0.5) is 0 Å². The van der Waals surface area contributed by atoms with Crippen LogP contribution in [0.25, 0.3) is 16.6 Å². The Morgan fingerprint density at radius 2 is 2.03 bits per heavy atom. The van der Waals surface area contributed by atoms with Crippen LogP contribution in [0.5, 0.6) is 0 Å². The van der Waals surface area contributed by atoms with Crippen LogP contribution in [-0.2, 0) is 16.0 Å². The van der Waals surface area contributed by atoms with Crippen molar-refractivity contribution in [1.29, 1.82) is 0 Å². The Hall–Kier alpha value is -3.66. The largest absolute Gasteiger partial charge is 0.480 e. The fourth-order valence-electron chi connectivity index (χ4n) is 3.45. The summed E-state index contributed by atoms with van der Waals surface area (Å²) in [6.07, 6.45) is 1.95. The minimum Gasteiger partial charge on any atom is -0.480 e. The van der Waals surface area contributed by atoms with Crippen molar-refractivity contribution in [3.05, 3.63) is 65.4 Å². The number of tetrazole rings is 1. The van der Waals surface area contributed by atoms with Crippen LogP contribution in [0.1, 0.15) is 16.7 Å². The third-order valence-corrected chi connectivity index (χ3v) is 6.02. The second-order valence-electron chi connectivity index (χ2n) is 7.47. The number of aryl methyl sites for hydroxylation is 2. The smallest absolute Gasteiger partial charge is 0.326 e. The van der Waals surface area contributed by atoms with Crippen LogP contribution in [-0.4, -0.2) is 54.0 Å². The molecule has 9 nitrogen and oxygen atoms in total. The highest BCUT2D eigenvalue weighted by molar-refractivity contribution is 7.99. The molecule has 4 rings (SSSR count). The van der Waals surface area contributed by atoms with E-state index in [1.807, 2.05) is 56.3 Å². The van der Waals surface area contributed by atoms with Crippen LogP contribution in [0, 0.1) is 13.8 Å². The van der Waals surface area contributed by atoms with E-state index >= 15 is 0 Å². The summed E-state index contributed by atoms with van der Waals surface area (Å²) in [5.74, 6) is -1.50. The number of aliphatic carboxylic acids is 1. The number of fused-ring (bicyclic) bond motifs is 1. The molecule has 3 N–H and O–H groups in total. The van der Waals surface area contributed by atoms with E-state index in [2.05, 4.69) is 25.8 Å². The zero-order chi connectivity index (χ0) is 22.7. The standard InChI is InChI=1S/C22H22N6O3S/c1-13-7-8-14(2)19(9-13)28-22(25-26-27-28)32-12-20(29)24-18(21(30)31)10-15-11-23-17-6-4-3-5-16(15)17/h3-9,11,18,23H,10,12H2,1-2H3,(H,24,29)(H,30,31). The molecule has 0 fully saturated rings. The Labute approximate surface area is 188 Å². The predicted molar refractivity (Wildman–Crippen MR) is 121 cm³/mol. The van der Waals surface area contributed by atoms with Gasteiger partial charge in [-0.1, -0.05) is 42.1 Å². The summed E-state index contributed by atoms with van der Waals surface area (Å²) in [5, 5.41) is 25.4. The molecule has 0 saturated heterocycles. The molecular weight excluding hydrogens is 428 g/mol. The third kappa shape index (κ3) is 4.65.